The van der Waals surface area contributed by atoms with Crippen molar-refractivity contribution < 1.29 is 4.74 Å². The monoisotopic (exact) mass is 271 g/mol. The number of hydrogen-bond donors (Lipinski definition) is 0. The molecule has 0 aliphatic rings. The second-order valence-electron chi connectivity index (χ2n) is 3.47. The Bertz CT molecular complexity index is 241. The summed E-state index contributed by atoms with van der Waals surface area (Å²) in [5, 5.41) is 1.08. The summed E-state index contributed by atoms with van der Waals surface area (Å²) in [7, 11) is 0. The van der Waals surface area contributed by atoms with Crippen LogP contribution in [-0.2, 0) is 11.2 Å². The van der Waals surface area contributed by atoms with Crippen molar-refractivity contribution in [3.63, 3.8) is 0 Å². The SMILES string of the molecule is BrCCCCOCCCc1ccncc1. The predicted molar refractivity (Wildman–Crippen MR) is 66.4 cm³/mol. The van der Waals surface area contributed by atoms with E-state index in [9.17, 15) is 0 Å². The van der Waals surface area contributed by atoms with Gasteiger partial charge < -0.3 is 4.74 Å². The highest BCUT2D eigenvalue weighted by atomic mass is 79.9. The van der Waals surface area contributed by atoms with E-state index in [0.717, 1.165) is 37.8 Å². The maximum atomic E-state index is 5.52. The first-order chi connectivity index (χ1) is 7.43. The van der Waals surface area contributed by atoms with E-state index < -0.39 is 0 Å². The molecule has 0 aliphatic heterocycles. The molecule has 0 unspecified atom stereocenters. The van der Waals surface area contributed by atoms with Gasteiger partial charge in [0.2, 0.25) is 0 Å². The van der Waals surface area contributed by atoms with Crippen molar-refractivity contribution in [1.82, 2.24) is 4.98 Å². The van der Waals surface area contributed by atoms with E-state index in [2.05, 4.69) is 33.0 Å². The lowest BCUT2D eigenvalue weighted by Crippen LogP contribution is -1.99. The van der Waals surface area contributed by atoms with Gasteiger partial charge in [0.25, 0.3) is 0 Å². The largest absolute Gasteiger partial charge is 0.381 e. The number of aryl methyl sites for hydroxylation is 1. The van der Waals surface area contributed by atoms with Crippen LogP contribution in [0.25, 0.3) is 0 Å². The third-order valence-corrected chi connectivity index (χ3v) is 2.74. The third-order valence-electron chi connectivity index (χ3n) is 2.18. The van der Waals surface area contributed by atoms with Crippen LogP contribution < -0.4 is 0 Å². The number of rotatable bonds is 8. The Morgan fingerprint density at radius 2 is 1.80 bits per heavy atom. The summed E-state index contributed by atoms with van der Waals surface area (Å²) in [4.78, 5) is 3.99. The van der Waals surface area contributed by atoms with Gasteiger partial charge in [-0.3, -0.25) is 4.98 Å². The van der Waals surface area contributed by atoms with E-state index in [1.165, 1.54) is 12.0 Å². The molecule has 15 heavy (non-hydrogen) atoms. The Morgan fingerprint density at radius 1 is 1.07 bits per heavy atom. The lowest BCUT2D eigenvalue weighted by atomic mass is 10.1. The Kier molecular flexibility index (Phi) is 7.48. The first-order valence-electron chi connectivity index (χ1n) is 5.46. The molecular formula is C12H18BrNO. The summed E-state index contributed by atoms with van der Waals surface area (Å²) in [6.45, 7) is 1.76. The fraction of sp³-hybridized carbons (Fsp3) is 0.583. The van der Waals surface area contributed by atoms with E-state index in [4.69, 9.17) is 4.74 Å². The highest BCUT2D eigenvalue weighted by Gasteiger charge is 1.93. The van der Waals surface area contributed by atoms with Crippen LogP contribution in [-0.4, -0.2) is 23.5 Å². The molecule has 0 saturated carbocycles. The van der Waals surface area contributed by atoms with Gasteiger partial charge in [0.15, 0.2) is 0 Å². The molecule has 1 aromatic rings. The second-order valence-corrected chi connectivity index (χ2v) is 4.26. The molecule has 0 bridgehead atoms. The molecule has 84 valence electrons. The van der Waals surface area contributed by atoms with Crippen LogP contribution in [0.4, 0.5) is 0 Å². The van der Waals surface area contributed by atoms with E-state index in [-0.39, 0.29) is 0 Å². The maximum Gasteiger partial charge on any atom is 0.0469 e. The van der Waals surface area contributed by atoms with Gasteiger partial charge in [-0.05, 0) is 43.4 Å². The standard InChI is InChI=1S/C12H18BrNO/c13-7-1-2-10-15-11-3-4-12-5-8-14-9-6-12/h5-6,8-9H,1-4,7,10-11H2. The smallest absolute Gasteiger partial charge is 0.0469 e. The van der Waals surface area contributed by atoms with E-state index in [1.807, 2.05) is 12.4 Å². The molecule has 0 atom stereocenters. The maximum absolute atomic E-state index is 5.52. The average molecular weight is 272 g/mol. The number of unbranched alkanes of at least 4 members (excludes halogenated alkanes) is 1. The minimum Gasteiger partial charge on any atom is -0.381 e. The minimum atomic E-state index is 0.866. The molecule has 0 radical (unpaired) electrons. The van der Waals surface area contributed by atoms with E-state index in [0.29, 0.717) is 0 Å². The lowest BCUT2D eigenvalue weighted by molar-refractivity contribution is 0.129. The van der Waals surface area contributed by atoms with Gasteiger partial charge in [0.05, 0.1) is 0 Å². The van der Waals surface area contributed by atoms with Crippen LogP contribution in [0.3, 0.4) is 0 Å². The molecule has 0 amide bonds. The second kappa shape index (κ2) is 8.86. The number of ether oxygens (including phenoxy) is 1. The van der Waals surface area contributed by atoms with Crippen molar-refractivity contribution in [3.05, 3.63) is 30.1 Å². The summed E-state index contributed by atoms with van der Waals surface area (Å²) >= 11 is 3.40. The summed E-state index contributed by atoms with van der Waals surface area (Å²) in [6.07, 6.45) is 8.21. The van der Waals surface area contributed by atoms with Gasteiger partial charge in [0.1, 0.15) is 0 Å². The first-order valence-corrected chi connectivity index (χ1v) is 6.58. The summed E-state index contributed by atoms with van der Waals surface area (Å²) in [5.74, 6) is 0. The van der Waals surface area contributed by atoms with Crippen LogP contribution in [0.15, 0.2) is 24.5 Å². The third kappa shape index (κ3) is 6.63. The van der Waals surface area contributed by atoms with Crippen molar-refractivity contribution in [3.8, 4) is 0 Å². The van der Waals surface area contributed by atoms with Gasteiger partial charge in [0, 0.05) is 30.9 Å². The summed E-state index contributed by atoms with van der Waals surface area (Å²) < 4.78 is 5.52. The zero-order valence-corrected chi connectivity index (χ0v) is 10.6. The summed E-state index contributed by atoms with van der Waals surface area (Å²) in [6, 6.07) is 4.12. The fourth-order valence-electron chi connectivity index (χ4n) is 1.33. The quantitative estimate of drug-likeness (QED) is 0.535. The number of hydrogen-bond acceptors (Lipinski definition) is 2. The highest BCUT2D eigenvalue weighted by Crippen LogP contribution is 2.01. The van der Waals surface area contributed by atoms with Crippen molar-refractivity contribution in [2.24, 2.45) is 0 Å². The van der Waals surface area contributed by atoms with E-state index >= 15 is 0 Å². The molecular weight excluding hydrogens is 254 g/mol. The molecule has 3 heteroatoms. The Hall–Kier alpha value is -0.410. The highest BCUT2D eigenvalue weighted by molar-refractivity contribution is 9.09. The summed E-state index contributed by atoms with van der Waals surface area (Å²) in [5.41, 5.74) is 1.34. The Morgan fingerprint density at radius 3 is 2.53 bits per heavy atom. The predicted octanol–water partition coefficient (Wildman–Crippen LogP) is 3.21. The normalized spacial score (nSPS) is 10.5. The molecule has 1 heterocycles. The van der Waals surface area contributed by atoms with Gasteiger partial charge in [-0.2, -0.15) is 0 Å². The van der Waals surface area contributed by atoms with Crippen LogP contribution >= 0.6 is 15.9 Å². The average Bonchev–Trinajstić information content (AvgIpc) is 2.29. The number of nitrogens with zero attached hydrogens (tertiary/aromatic N) is 1. The molecule has 0 fully saturated rings. The molecule has 0 saturated heterocycles. The van der Waals surface area contributed by atoms with Gasteiger partial charge in [-0.15, -0.1) is 0 Å². The van der Waals surface area contributed by atoms with Crippen LogP contribution in [0.1, 0.15) is 24.8 Å². The van der Waals surface area contributed by atoms with Crippen molar-refractivity contribution >= 4 is 15.9 Å². The van der Waals surface area contributed by atoms with Gasteiger partial charge >= 0.3 is 0 Å². The first kappa shape index (κ1) is 12.7. The van der Waals surface area contributed by atoms with Crippen molar-refractivity contribution in [1.29, 1.82) is 0 Å². The van der Waals surface area contributed by atoms with Gasteiger partial charge in [-0.25, -0.2) is 0 Å². The van der Waals surface area contributed by atoms with E-state index in [1.54, 1.807) is 0 Å². The topological polar surface area (TPSA) is 22.1 Å². The Labute approximate surface area is 100 Å². The van der Waals surface area contributed by atoms with Crippen molar-refractivity contribution in [2.45, 2.75) is 25.7 Å². The molecule has 1 rings (SSSR count). The van der Waals surface area contributed by atoms with Crippen LogP contribution in [0.2, 0.25) is 0 Å². The number of aromatic nitrogens is 1. The van der Waals surface area contributed by atoms with Crippen molar-refractivity contribution in [2.75, 3.05) is 18.5 Å². The fourth-order valence-corrected chi connectivity index (χ4v) is 1.72. The molecule has 2 nitrogen and oxygen atoms in total. The molecule has 1 aromatic heterocycles. The zero-order chi connectivity index (χ0) is 10.8. The number of halogens is 1. The van der Waals surface area contributed by atoms with Gasteiger partial charge in [-0.1, -0.05) is 15.9 Å². The molecule has 0 spiro atoms. The van der Waals surface area contributed by atoms with Crippen LogP contribution in [0, 0.1) is 0 Å². The molecule has 0 N–H and O–H groups in total. The molecule has 0 aliphatic carbocycles. The lowest BCUT2D eigenvalue weighted by Gasteiger charge is -2.03. The minimum absolute atomic E-state index is 0.866. The molecule has 0 aromatic carbocycles. The Balaban J connectivity index is 1.93. The van der Waals surface area contributed by atoms with Crippen LogP contribution in [0.5, 0.6) is 0 Å². The number of pyridine rings is 1. The number of alkyl halides is 1. The zero-order valence-electron chi connectivity index (χ0n) is 8.99.